The fourth-order valence-electron chi connectivity index (χ4n) is 6.44. The van der Waals surface area contributed by atoms with Crippen LogP contribution >= 0.6 is 0 Å². The van der Waals surface area contributed by atoms with Crippen LogP contribution in [0.3, 0.4) is 0 Å². The number of carbonyl (C=O) groups excluding carboxylic acids is 4. The van der Waals surface area contributed by atoms with Crippen molar-refractivity contribution in [2.45, 2.75) is 51.2 Å². The van der Waals surface area contributed by atoms with Gasteiger partial charge in [0.2, 0.25) is 0 Å². The highest BCUT2D eigenvalue weighted by atomic mass is 16.6. The average Bonchev–Trinajstić information content (AvgIpc) is 3.27. The lowest BCUT2D eigenvalue weighted by atomic mass is 9.49. The van der Waals surface area contributed by atoms with E-state index in [2.05, 4.69) is 33.9 Å². The first-order valence-electron chi connectivity index (χ1n) is 14.2. The molecule has 0 amide bonds. The van der Waals surface area contributed by atoms with Gasteiger partial charge in [-0.25, -0.2) is 9.59 Å². The van der Waals surface area contributed by atoms with Crippen LogP contribution in [0.4, 0.5) is 0 Å². The Balaban J connectivity index is 1.69. The van der Waals surface area contributed by atoms with E-state index in [-0.39, 0.29) is 43.0 Å². The molecule has 0 aromatic heterocycles. The van der Waals surface area contributed by atoms with Crippen molar-refractivity contribution in [2.75, 3.05) is 26.4 Å². The first kappa shape index (κ1) is 30.4. The molecule has 43 heavy (non-hydrogen) atoms. The molecule has 226 valence electrons. The molecule has 0 saturated carbocycles. The van der Waals surface area contributed by atoms with Crippen LogP contribution in [0.2, 0.25) is 0 Å². The third-order valence-corrected chi connectivity index (χ3v) is 8.32. The van der Waals surface area contributed by atoms with Crippen molar-refractivity contribution in [3.05, 3.63) is 94.6 Å². The van der Waals surface area contributed by atoms with Crippen LogP contribution in [-0.4, -0.2) is 50.3 Å². The van der Waals surface area contributed by atoms with E-state index in [0.717, 1.165) is 5.56 Å². The van der Waals surface area contributed by atoms with Gasteiger partial charge in [-0.1, -0.05) is 76.4 Å². The lowest BCUT2D eigenvalue weighted by Crippen LogP contribution is -2.63. The molecule has 2 aromatic rings. The zero-order valence-electron chi connectivity index (χ0n) is 25.1. The summed E-state index contributed by atoms with van der Waals surface area (Å²) in [6, 6.07) is 13.3. The predicted molar refractivity (Wildman–Crippen MR) is 155 cm³/mol. The van der Waals surface area contributed by atoms with Crippen molar-refractivity contribution in [2.24, 2.45) is 11.8 Å². The molecule has 1 heterocycles. The number of benzene rings is 2. The molecule has 4 unspecified atom stereocenters. The Morgan fingerprint density at radius 3 is 1.63 bits per heavy atom. The monoisotopic (exact) mass is 588 g/mol. The lowest BCUT2D eigenvalue weighted by molar-refractivity contribution is -0.183. The van der Waals surface area contributed by atoms with Crippen molar-refractivity contribution in [1.29, 1.82) is 0 Å². The van der Waals surface area contributed by atoms with Crippen LogP contribution in [0, 0.1) is 11.8 Å². The van der Waals surface area contributed by atoms with Crippen LogP contribution < -0.4 is 0 Å². The maximum Gasteiger partial charge on any atom is 0.333 e. The summed E-state index contributed by atoms with van der Waals surface area (Å²) in [6.07, 6.45) is 0. The van der Waals surface area contributed by atoms with Crippen molar-refractivity contribution < 1.29 is 42.9 Å². The topological polar surface area (TPSA) is 114 Å². The zero-order valence-corrected chi connectivity index (χ0v) is 25.1. The standard InChI is InChI=1S/C34H36O9/c1-19(2)28(35)39-14-16-41-33-22-10-8-9-11-23(22)34(27-26(33)30(37)43-31(27)38,42-17-15-40-29(36)20(3)4)25-18-21(32(5,6)7)12-13-24(25)33/h8-13,18,26-27H,1,3,14-17H2,2,4-7H3. The summed E-state index contributed by atoms with van der Waals surface area (Å²) >= 11 is 0. The predicted octanol–water partition coefficient (Wildman–Crippen LogP) is 4.39. The molecule has 9 nitrogen and oxygen atoms in total. The molecule has 0 spiro atoms. The molecule has 0 N–H and O–H groups in total. The van der Waals surface area contributed by atoms with E-state index in [1.165, 1.54) is 0 Å². The number of carbonyl (C=O) groups is 4. The molecule has 1 saturated heterocycles. The van der Waals surface area contributed by atoms with Crippen molar-refractivity contribution in [3.8, 4) is 0 Å². The van der Waals surface area contributed by atoms with E-state index in [1.54, 1.807) is 13.8 Å². The Hall–Kier alpha value is -4.08. The summed E-state index contributed by atoms with van der Waals surface area (Å²) in [5.74, 6) is -4.74. The Morgan fingerprint density at radius 1 is 0.744 bits per heavy atom. The van der Waals surface area contributed by atoms with Crippen molar-refractivity contribution in [1.82, 2.24) is 0 Å². The van der Waals surface area contributed by atoms with Crippen LogP contribution in [0.25, 0.3) is 0 Å². The second-order valence-electron chi connectivity index (χ2n) is 12.3. The van der Waals surface area contributed by atoms with Crippen LogP contribution in [0.15, 0.2) is 66.8 Å². The summed E-state index contributed by atoms with van der Waals surface area (Å²) in [5.41, 5.74) is 0.953. The molecule has 2 bridgehead atoms. The fraction of sp³-hybridized carbons (Fsp3) is 0.412. The van der Waals surface area contributed by atoms with Gasteiger partial charge >= 0.3 is 23.9 Å². The summed E-state index contributed by atoms with van der Waals surface area (Å²) in [7, 11) is 0. The molecule has 4 atom stereocenters. The number of cyclic esters (lactones) is 2. The minimum atomic E-state index is -1.44. The van der Waals surface area contributed by atoms with Crippen molar-refractivity contribution >= 4 is 23.9 Å². The van der Waals surface area contributed by atoms with Gasteiger partial charge < -0.3 is 23.7 Å². The summed E-state index contributed by atoms with van der Waals surface area (Å²) in [6.45, 7) is 16.2. The molecule has 2 aromatic carbocycles. The minimum absolute atomic E-state index is 0.0662. The van der Waals surface area contributed by atoms with Gasteiger partial charge in [-0.3, -0.25) is 9.59 Å². The molecular formula is C34H36O9. The third-order valence-electron chi connectivity index (χ3n) is 8.32. The fourth-order valence-corrected chi connectivity index (χ4v) is 6.44. The van der Waals surface area contributed by atoms with Crippen LogP contribution in [0.1, 0.15) is 62.4 Å². The number of hydrogen-bond donors (Lipinski definition) is 0. The first-order valence-corrected chi connectivity index (χ1v) is 14.2. The largest absolute Gasteiger partial charge is 0.460 e. The van der Waals surface area contributed by atoms with E-state index in [1.807, 2.05) is 42.5 Å². The normalized spacial score (nSPS) is 24.9. The van der Waals surface area contributed by atoms with E-state index in [4.69, 9.17) is 23.7 Å². The molecule has 1 aliphatic heterocycles. The second kappa shape index (κ2) is 10.9. The van der Waals surface area contributed by atoms with E-state index in [0.29, 0.717) is 22.3 Å². The van der Waals surface area contributed by atoms with E-state index >= 15 is 0 Å². The molecule has 4 aliphatic rings. The molecule has 1 fully saturated rings. The van der Waals surface area contributed by atoms with Gasteiger partial charge in [-0.2, -0.15) is 0 Å². The molecule has 6 rings (SSSR count). The number of rotatable bonds is 10. The summed E-state index contributed by atoms with van der Waals surface area (Å²) < 4.78 is 29.2. The number of ether oxygens (including phenoxy) is 5. The highest BCUT2D eigenvalue weighted by Gasteiger charge is 2.75. The molecule has 3 aliphatic carbocycles. The summed E-state index contributed by atoms with van der Waals surface area (Å²) in [5, 5.41) is 0. The van der Waals surface area contributed by atoms with Crippen molar-refractivity contribution in [3.63, 3.8) is 0 Å². The van der Waals surface area contributed by atoms with Crippen LogP contribution in [0.5, 0.6) is 0 Å². The minimum Gasteiger partial charge on any atom is -0.460 e. The average molecular weight is 589 g/mol. The highest BCUT2D eigenvalue weighted by molar-refractivity contribution is 6.01. The van der Waals surface area contributed by atoms with E-state index < -0.39 is 46.9 Å². The summed E-state index contributed by atoms with van der Waals surface area (Å²) in [4.78, 5) is 51.3. The van der Waals surface area contributed by atoms with Gasteiger partial charge in [0.1, 0.15) is 36.3 Å². The van der Waals surface area contributed by atoms with Gasteiger partial charge in [0.25, 0.3) is 0 Å². The van der Waals surface area contributed by atoms with Gasteiger partial charge in [0.05, 0.1) is 13.2 Å². The number of esters is 4. The Morgan fingerprint density at radius 2 is 1.19 bits per heavy atom. The van der Waals surface area contributed by atoms with Gasteiger partial charge in [0.15, 0.2) is 0 Å². The van der Waals surface area contributed by atoms with E-state index in [9.17, 15) is 19.2 Å². The molecule has 0 radical (unpaired) electrons. The Bertz CT molecular complexity index is 1550. The third kappa shape index (κ3) is 4.71. The Kier molecular flexibility index (Phi) is 7.69. The highest BCUT2D eigenvalue weighted by Crippen LogP contribution is 2.67. The smallest absolute Gasteiger partial charge is 0.333 e. The number of hydrogen-bond acceptors (Lipinski definition) is 9. The van der Waals surface area contributed by atoms with Gasteiger partial charge in [-0.05, 0) is 47.1 Å². The second-order valence-corrected chi connectivity index (χ2v) is 12.3. The maximum atomic E-state index is 13.6. The lowest BCUT2D eigenvalue weighted by Gasteiger charge is -2.58. The van der Waals surface area contributed by atoms with Gasteiger partial charge in [0, 0.05) is 11.1 Å². The SMILES string of the molecule is C=C(C)C(=O)OCCOC12c3ccccc3C(OCCOC(=O)C(=C)C)(c3cc(C(C)(C)C)ccc31)C1C(=O)OC(=O)C12. The quantitative estimate of drug-likeness (QED) is 0.131. The zero-order chi connectivity index (χ0) is 31.3. The molecule has 9 heteroatoms. The first-order chi connectivity index (χ1) is 20.3. The Labute approximate surface area is 250 Å². The maximum absolute atomic E-state index is 13.6. The van der Waals surface area contributed by atoms with Gasteiger partial charge in [-0.15, -0.1) is 0 Å². The molecular weight excluding hydrogens is 552 g/mol. The van der Waals surface area contributed by atoms with Crippen LogP contribution in [-0.2, 0) is 59.5 Å².